The van der Waals surface area contributed by atoms with Crippen molar-refractivity contribution in [1.29, 1.82) is 0 Å². The minimum atomic E-state index is -3.72. The van der Waals surface area contributed by atoms with Crippen LogP contribution in [0.4, 0.5) is 11.6 Å². The Hall–Kier alpha value is -2.53. The zero-order valence-corrected chi connectivity index (χ0v) is 16.9. The summed E-state index contributed by atoms with van der Waals surface area (Å²) >= 11 is 0. The Balaban J connectivity index is 1.68. The minimum absolute atomic E-state index is 0.0176. The van der Waals surface area contributed by atoms with Crippen LogP contribution in [0.15, 0.2) is 47.4 Å². The number of carbonyl (C=O) groups is 1. The smallest absolute Gasteiger partial charge is 0.256 e. The number of carbonyl (C=O) groups excluding carboxylic acids is 1. The van der Waals surface area contributed by atoms with Crippen LogP contribution in [0.5, 0.6) is 0 Å². The van der Waals surface area contributed by atoms with E-state index < -0.39 is 15.9 Å². The van der Waals surface area contributed by atoms with Gasteiger partial charge < -0.3 is 20.1 Å². The van der Waals surface area contributed by atoms with Gasteiger partial charge >= 0.3 is 0 Å². The van der Waals surface area contributed by atoms with Gasteiger partial charge in [0.25, 0.3) is 5.91 Å². The van der Waals surface area contributed by atoms with Gasteiger partial charge in [0.05, 0.1) is 24.2 Å². The number of amides is 1. The number of rotatable bonds is 7. The van der Waals surface area contributed by atoms with Crippen molar-refractivity contribution < 1.29 is 23.1 Å². The van der Waals surface area contributed by atoms with E-state index in [4.69, 9.17) is 9.84 Å². The molecule has 0 radical (unpaired) electrons. The van der Waals surface area contributed by atoms with E-state index in [0.717, 1.165) is 18.9 Å². The lowest BCUT2D eigenvalue weighted by molar-refractivity contribution is 0.0529. The molecular formula is C19H24N4O5S. The van der Waals surface area contributed by atoms with Crippen LogP contribution in [-0.2, 0) is 14.8 Å². The Labute approximate surface area is 169 Å². The molecule has 3 N–H and O–H groups in total. The molecule has 29 heavy (non-hydrogen) atoms. The molecule has 1 unspecified atom stereocenters. The summed E-state index contributed by atoms with van der Waals surface area (Å²) in [4.78, 5) is 19.1. The number of aliphatic hydroxyl groups excluding tert-OH is 1. The highest BCUT2D eigenvalue weighted by Crippen LogP contribution is 2.18. The number of benzene rings is 1. The van der Waals surface area contributed by atoms with Crippen molar-refractivity contribution in [3.63, 3.8) is 0 Å². The van der Waals surface area contributed by atoms with Gasteiger partial charge in [0.15, 0.2) is 0 Å². The summed E-state index contributed by atoms with van der Waals surface area (Å²) in [6.45, 7) is 3.71. The van der Waals surface area contributed by atoms with Crippen LogP contribution in [0.3, 0.4) is 0 Å². The van der Waals surface area contributed by atoms with E-state index in [9.17, 15) is 13.2 Å². The second-order valence-electron chi connectivity index (χ2n) is 6.61. The number of nitrogens with zero attached hydrogens (tertiary/aromatic N) is 2. The van der Waals surface area contributed by atoms with Crippen molar-refractivity contribution in [2.45, 2.75) is 17.9 Å². The molecule has 10 heteroatoms. The average molecular weight is 420 g/mol. The summed E-state index contributed by atoms with van der Waals surface area (Å²) in [7, 11) is -3.72. The zero-order chi connectivity index (χ0) is 20.9. The third kappa shape index (κ3) is 5.51. The fourth-order valence-electron chi connectivity index (χ4n) is 2.93. The summed E-state index contributed by atoms with van der Waals surface area (Å²) in [5, 5.41) is 11.5. The molecule has 1 aromatic heterocycles. The van der Waals surface area contributed by atoms with Crippen molar-refractivity contribution in [2.24, 2.45) is 0 Å². The standard InChI is InChI=1S/C19H24N4O5S/c1-14-13-23(10-12-28-14)18-4-2-3-17(21-18)22-19(25)15-5-7-16(8-6-15)29(26,27)20-9-11-24/h2-8,14,20,24H,9-13H2,1H3,(H,21,22,25). The lowest BCUT2D eigenvalue weighted by atomic mass is 10.2. The molecule has 0 saturated carbocycles. The first-order chi connectivity index (χ1) is 13.9. The Morgan fingerprint density at radius 2 is 2.03 bits per heavy atom. The number of pyridine rings is 1. The highest BCUT2D eigenvalue weighted by molar-refractivity contribution is 7.89. The van der Waals surface area contributed by atoms with Gasteiger partial charge in [-0.1, -0.05) is 6.07 Å². The maximum atomic E-state index is 12.5. The molecule has 1 atom stereocenters. The molecule has 1 aliphatic rings. The maximum absolute atomic E-state index is 12.5. The SMILES string of the molecule is CC1CN(c2cccc(NC(=O)c3ccc(S(=O)(=O)NCCO)cc3)n2)CCO1. The summed E-state index contributed by atoms with van der Waals surface area (Å²) in [6.07, 6.45) is 0.116. The third-order valence-electron chi connectivity index (χ3n) is 4.37. The predicted molar refractivity (Wildman–Crippen MR) is 109 cm³/mol. The molecule has 9 nitrogen and oxygen atoms in total. The Morgan fingerprint density at radius 1 is 1.28 bits per heavy atom. The van der Waals surface area contributed by atoms with Gasteiger partial charge in [-0.15, -0.1) is 0 Å². The van der Waals surface area contributed by atoms with E-state index in [1.165, 1.54) is 24.3 Å². The number of ether oxygens (including phenoxy) is 1. The molecule has 0 spiro atoms. The fraction of sp³-hybridized carbons (Fsp3) is 0.368. The van der Waals surface area contributed by atoms with Crippen LogP contribution in [0, 0.1) is 0 Å². The number of nitrogens with one attached hydrogen (secondary N) is 2. The molecule has 0 bridgehead atoms. The fourth-order valence-corrected chi connectivity index (χ4v) is 3.95. The second-order valence-corrected chi connectivity index (χ2v) is 8.38. The van der Waals surface area contributed by atoms with E-state index in [-0.39, 0.29) is 24.2 Å². The molecule has 1 aliphatic heterocycles. The van der Waals surface area contributed by atoms with Crippen LogP contribution >= 0.6 is 0 Å². The molecule has 156 valence electrons. The number of aromatic nitrogens is 1. The van der Waals surface area contributed by atoms with E-state index >= 15 is 0 Å². The number of hydrogen-bond donors (Lipinski definition) is 3. The molecule has 3 rings (SSSR count). The number of sulfonamides is 1. The van der Waals surface area contributed by atoms with Crippen molar-refractivity contribution in [3.8, 4) is 0 Å². The molecule has 0 aliphatic carbocycles. The lowest BCUT2D eigenvalue weighted by Gasteiger charge is -2.32. The van der Waals surface area contributed by atoms with Crippen LogP contribution in [0.2, 0.25) is 0 Å². The first-order valence-electron chi connectivity index (χ1n) is 9.24. The zero-order valence-electron chi connectivity index (χ0n) is 16.0. The Kier molecular flexibility index (Phi) is 6.80. The van der Waals surface area contributed by atoms with Crippen molar-refractivity contribution in [2.75, 3.05) is 43.1 Å². The first kappa shape index (κ1) is 21.2. The van der Waals surface area contributed by atoms with Gasteiger partial charge in [0.2, 0.25) is 10.0 Å². The Morgan fingerprint density at radius 3 is 2.72 bits per heavy atom. The molecule has 2 aromatic rings. The van der Waals surface area contributed by atoms with Crippen LogP contribution in [0.1, 0.15) is 17.3 Å². The molecular weight excluding hydrogens is 396 g/mol. The van der Waals surface area contributed by atoms with E-state index in [1.54, 1.807) is 6.07 Å². The Bertz CT molecular complexity index is 949. The van der Waals surface area contributed by atoms with Gasteiger partial charge in [-0.05, 0) is 43.3 Å². The van der Waals surface area contributed by atoms with Gasteiger partial charge in [0, 0.05) is 25.2 Å². The van der Waals surface area contributed by atoms with Gasteiger partial charge in [0.1, 0.15) is 11.6 Å². The molecule has 1 amide bonds. The molecule has 1 saturated heterocycles. The van der Waals surface area contributed by atoms with E-state index in [1.807, 2.05) is 19.1 Å². The number of anilines is 2. The summed E-state index contributed by atoms with van der Waals surface area (Å²) in [5.74, 6) is 0.777. The number of aliphatic hydroxyl groups is 1. The minimum Gasteiger partial charge on any atom is -0.395 e. The van der Waals surface area contributed by atoms with E-state index in [2.05, 4.69) is 19.9 Å². The summed E-state index contributed by atoms with van der Waals surface area (Å²) in [5.41, 5.74) is 0.304. The third-order valence-corrected chi connectivity index (χ3v) is 5.85. The summed E-state index contributed by atoms with van der Waals surface area (Å²) in [6, 6.07) is 10.9. The van der Waals surface area contributed by atoms with E-state index in [0.29, 0.717) is 18.0 Å². The molecule has 1 fully saturated rings. The monoisotopic (exact) mass is 420 g/mol. The second kappa shape index (κ2) is 9.31. The molecule has 2 heterocycles. The number of hydrogen-bond acceptors (Lipinski definition) is 7. The highest BCUT2D eigenvalue weighted by Gasteiger charge is 2.19. The lowest BCUT2D eigenvalue weighted by Crippen LogP contribution is -2.41. The topological polar surface area (TPSA) is 121 Å². The quantitative estimate of drug-likeness (QED) is 0.607. The highest BCUT2D eigenvalue weighted by atomic mass is 32.2. The largest absolute Gasteiger partial charge is 0.395 e. The maximum Gasteiger partial charge on any atom is 0.256 e. The van der Waals surface area contributed by atoms with Crippen molar-refractivity contribution >= 4 is 27.6 Å². The molecule has 1 aromatic carbocycles. The van der Waals surface area contributed by atoms with Crippen LogP contribution in [0.25, 0.3) is 0 Å². The average Bonchev–Trinajstić information content (AvgIpc) is 2.72. The van der Waals surface area contributed by atoms with Crippen molar-refractivity contribution in [1.82, 2.24) is 9.71 Å². The van der Waals surface area contributed by atoms with Crippen LogP contribution < -0.4 is 14.9 Å². The van der Waals surface area contributed by atoms with Crippen molar-refractivity contribution in [3.05, 3.63) is 48.0 Å². The van der Waals surface area contributed by atoms with Gasteiger partial charge in [-0.3, -0.25) is 4.79 Å². The first-order valence-corrected chi connectivity index (χ1v) is 10.7. The van der Waals surface area contributed by atoms with Gasteiger partial charge in [-0.2, -0.15) is 0 Å². The van der Waals surface area contributed by atoms with Crippen LogP contribution in [-0.4, -0.2) is 63.4 Å². The summed E-state index contributed by atoms with van der Waals surface area (Å²) < 4.78 is 31.8. The predicted octanol–water partition coefficient (Wildman–Crippen LogP) is 0.830. The van der Waals surface area contributed by atoms with Gasteiger partial charge in [-0.25, -0.2) is 18.1 Å². The normalized spacial score (nSPS) is 17.2. The number of morpholine rings is 1.